The summed E-state index contributed by atoms with van der Waals surface area (Å²) in [5, 5.41) is 3.67. The molecule has 0 radical (unpaired) electrons. The number of hydrogen-bond acceptors (Lipinski definition) is 2. The average molecular weight is 292 g/mol. The molecule has 3 heteroatoms. The third-order valence-corrected chi connectivity index (χ3v) is 6.16. The summed E-state index contributed by atoms with van der Waals surface area (Å²) in [5.41, 5.74) is 0.356. The SMILES string of the molecule is CCC1NC(C2CCCC2)N(CC2(C)CCCCC2)C1=O. The third-order valence-electron chi connectivity index (χ3n) is 6.16. The van der Waals surface area contributed by atoms with Crippen LogP contribution >= 0.6 is 0 Å². The fourth-order valence-corrected chi connectivity index (χ4v) is 4.81. The summed E-state index contributed by atoms with van der Waals surface area (Å²) in [6.07, 6.45) is 13.2. The van der Waals surface area contributed by atoms with Crippen LogP contribution in [0, 0.1) is 11.3 Å². The van der Waals surface area contributed by atoms with E-state index in [4.69, 9.17) is 0 Å². The number of hydrogen-bond donors (Lipinski definition) is 1. The zero-order chi connectivity index (χ0) is 14.9. The first-order valence-corrected chi connectivity index (χ1v) is 9.19. The quantitative estimate of drug-likeness (QED) is 0.857. The Morgan fingerprint density at radius 3 is 2.43 bits per heavy atom. The molecule has 1 heterocycles. The minimum Gasteiger partial charge on any atom is -0.325 e. The first-order chi connectivity index (χ1) is 10.1. The Hall–Kier alpha value is -0.570. The lowest BCUT2D eigenvalue weighted by Gasteiger charge is -2.40. The van der Waals surface area contributed by atoms with E-state index in [0.29, 0.717) is 23.4 Å². The zero-order valence-corrected chi connectivity index (χ0v) is 13.9. The topological polar surface area (TPSA) is 32.3 Å². The number of rotatable bonds is 4. The molecule has 1 aliphatic heterocycles. The maximum absolute atomic E-state index is 12.8. The Bertz CT molecular complexity index is 369. The number of carbonyl (C=O) groups excluding carboxylic acids is 1. The van der Waals surface area contributed by atoms with Crippen LogP contribution in [0.2, 0.25) is 0 Å². The Balaban J connectivity index is 1.73. The van der Waals surface area contributed by atoms with Crippen LogP contribution < -0.4 is 5.32 Å². The van der Waals surface area contributed by atoms with Gasteiger partial charge in [0.15, 0.2) is 0 Å². The van der Waals surface area contributed by atoms with E-state index < -0.39 is 0 Å². The lowest BCUT2D eigenvalue weighted by molar-refractivity contribution is -0.132. The second-order valence-electron chi connectivity index (χ2n) is 7.95. The minimum absolute atomic E-state index is 0.0720. The molecule has 2 unspecified atom stereocenters. The van der Waals surface area contributed by atoms with E-state index in [-0.39, 0.29) is 6.04 Å². The van der Waals surface area contributed by atoms with Gasteiger partial charge in [0, 0.05) is 6.54 Å². The monoisotopic (exact) mass is 292 g/mol. The summed E-state index contributed by atoms with van der Waals surface area (Å²) < 4.78 is 0. The van der Waals surface area contributed by atoms with Crippen molar-refractivity contribution in [1.82, 2.24) is 10.2 Å². The van der Waals surface area contributed by atoms with Crippen LogP contribution in [0.1, 0.15) is 78.1 Å². The van der Waals surface area contributed by atoms with Gasteiger partial charge >= 0.3 is 0 Å². The molecule has 3 rings (SSSR count). The molecule has 3 nitrogen and oxygen atoms in total. The molecule has 0 aromatic carbocycles. The number of amides is 1. The summed E-state index contributed by atoms with van der Waals surface area (Å²) in [4.78, 5) is 15.0. The van der Waals surface area contributed by atoms with E-state index in [0.717, 1.165) is 13.0 Å². The molecule has 2 saturated carbocycles. The second-order valence-corrected chi connectivity index (χ2v) is 7.95. The van der Waals surface area contributed by atoms with Crippen molar-refractivity contribution in [3.8, 4) is 0 Å². The van der Waals surface area contributed by atoms with Gasteiger partial charge in [-0.2, -0.15) is 0 Å². The van der Waals surface area contributed by atoms with E-state index in [1.165, 1.54) is 57.8 Å². The van der Waals surface area contributed by atoms with Gasteiger partial charge < -0.3 is 4.90 Å². The molecule has 0 aromatic heterocycles. The van der Waals surface area contributed by atoms with Gasteiger partial charge in [-0.05, 0) is 43.4 Å². The minimum atomic E-state index is 0.0720. The Morgan fingerprint density at radius 2 is 1.81 bits per heavy atom. The molecule has 0 spiro atoms. The number of nitrogens with one attached hydrogen (secondary N) is 1. The summed E-state index contributed by atoms with van der Waals surface area (Å²) in [6.45, 7) is 5.52. The molecular weight excluding hydrogens is 260 g/mol. The third kappa shape index (κ3) is 3.13. The molecule has 2 atom stereocenters. The van der Waals surface area contributed by atoms with Crippen molar-refractivity contribution in [3.05, 3.63) is 0 Å². The molecule has 3 aliphatic rings. The lowest BCUT2D eigenvalue weighted by atomic mass is 9.75. The molecule has 1 saturated heterocycles. The zero-order valence-electron chi connectivity index (χ0n) is 13.9. The number of nitrogens with zero attached hydrogens (tertiary/aromatic N) is 1. The van der Waals surface area contributed by atoms with Crippen molar-refractivity contribution in [2.24, 2.45) is 11.3 Å². The Labute approximate surface area is 129 Å². The molecule has 0 bridgehead atoms. The van der Waals surface area contributed by atoms with E-state index in [1.54, 1.807) is 0 Å². The van der Waals surface area contributed by atoms with Crippen molar-refractivity contribution in [2.75, 3.05) is 6.54 Å². The molecular formula is C18H32N2O. The fourth-order valence-electron chi connectivity index (χ4n) is 4.81. The van der Waals surface area contributed by atoms with Gasteiger partial charge in [0.05, 0.1) is 12.2 Å². The summed E-state index contributed by atoms with van der Waals surface area (Å²) in [7, 11) is 0. The largest absolute Gasteiger partial charge is 0.325 e. The summed E-state index contributed by atoms with van der Waals surface area (Å²) >= 11 is 0. The highest BCUT2D eigenvalue weighted by molar-refractivity contribution is 5.84. The van der Waals surface area contributed by atoms with Crippen LogP contribution in [0.3, 0.4) is 0 Å². The van der Waals surface area contributed by atoms with Crippen LogP contribution in [0.15, 0.2) is 0 Å². The first-order valence-electron chi connectivity index (χ1n) is 9.19. The van der Waals surface area contributed by atoms with E-state index in [1.807, 2.05) is 0 Å². The molecule has 1 amide bonds. The number of carbonyl (C=O) groups is 1. The molecule has 3 fully saturated rings. The van der Waals surface area contributed by atoms with Crippen LogP contribution in [0.25, 0.3) is 0 Å². The van der Waals surface area contributed by atoms with Crippen molar-refractivity contribution in [3.63, 3.8) is 0 Å². The molecule has 120 valence electrons. The van der Waals surface area contributed by atoms with Crippen LogP contribution in [0.5, 0.6) is 0 Å². The highest BCUT2D eigenvalue weighted by atomic mass is 16.2. The Kier molecular flexibility index (Phi) is 4.58. The van der Waals surface area contributed by atoms with Gasteiger partial charge in [-0.25, -0.2) is 0 Å². The normalized spacial score (nSPS) is 33.8. The average Bonchev–Trinajstić information content (AvgIpc) is 3.09. The van der Waals surface area contributed by atoms with E-state index in [9.17, 15) is 4.79 Å². The highest BCUT2D eigenvalue weighted by Crippen LogP contribution is 2.39. The maximum atomic E-state index is 12.8. The predicted molar refractivity (Wildman–Crippen MR) is 85.9 cm³/mol. The molecule has 2 aliphatic carbocycles. The van der Waals surface area contributed by atoms with E-state index >= 15 is 0 Å². The predicted octanol–water partition coefficient (Wildman–Crippen LogP) is 3.68. The van der Waals surface area contributed by atoms with Gasteiger partial charge in [-0.15, -0.1) is 0 Å². The van der Waals surface area contributed by atoms with Crippen molar-refractivity contribution in [2.45, 2.75) is 90.3 Å². The van der Waals surface area contributed by atoms with Gasteiger partial charge in [0.25, 0.3) is 0 Å². The van der Waals surface area contributed by atoms with Gasteiger partial charge in [0.2, 0.25) is 5.91 Å². The van der Waals surface area contributed by atoms with Crippen LogP contribution in [-0.4, -0.2) is 29.6 Å². The smallest absolute Gasteiger partial charge is 0.241 e. The van der Waals surface area contributed by atoms with Crippen molar-refractivity contribution >= 4 is 5.91 Å². The van der Waals surface area contributed by atoms with E-state index in [2.05, 4.69) is 24.1 Å². The second kappa shape index (κ2) is 6.28. The standard InChI is InChI=1S/C18H32N2O/c1-3-15-17(21)20(13-18(2)11-7-4-8-12-18)16(19-15)14-9-5-6-10-14/h14-16,19H,3-13H2,1-2H3. The molecule has 21 heavy (non-hydrogen) atoms. The van der Waals surface area contributed by atoms with Gasteiger partial charge in [0.1, 0.15) is 0 Å². The van der Waals surface area contributed by atoms with Crippen LogP contribution in [0.4, 0.5) is 0 Å². The summed E-state index contributed by atoms with van der Waals surface area (Å²) in [6, 6.07) is 0.0720. The highest BCUT2D eigenvalue weighted by Gasteiger charge is 2.44. The lowest BCUT2D eigenvalue weighted by Crippen LogP contribution is -2.47. The maximum Gasteiger partial charge on any atom is 0.241 e. The van der Waals surface area contributed by atoms with Gasteiger partial charge in [-0.3, -0.25) is 10.1 Å². The Morgan fingerprint density at radius 1 is 1.14 bits per heavy atom. The van der Waals surface area contributed by atoms with Crippen LogP contribution in [-0.2, 0) is 4.79 Å². The molecule has 0 aromatic rings. The summed E-state index contributed by atoms with van der Waals surface area (Å²) in [5.74, 6) is 1.07. The molecule has 1 N–H and O–H groups in total. The van der Waals surface area contributed by atoms with Crippen molar-refractivity contribution in [1.29, 1.82) is 0 Å². The van der Waals surface area contributed by atoms with Crippen molar-refractivity contribution < 1.29 is 4.79 Å². The first kappa shape index (κ1) is 15.3. The fraction of sp³-hybridized carbons (Fsp3) is 0.944. The van der Waals surface area contributed by atoms with Gasteiger partial charge in [-0.1, -0.05) is 46.0 Å².